The summed E-state index contributed by atoms with van der Waals surface area (Å²) in [6, 6.07) is 6.08. The Hall–Kier alpha value is -1.23. The molecule has 1 heterocycles. The summed E-state index contributed by atoms with van der Waals surface area (Å²) in [7, 11) is -3.61. The highest BCUT2D eigenvalue weighted by atomic mass is 35.5. The van der Waals surface area contributed by atoms with Gasteiger partial charge in [0.1, 0.15) is 12.4 Å². The monoisotopic (exact) mass is 428 g/mol. The number of halogens is 1. The second-order valence-corrected chi connectivity index (χ2v) is 10.8. The van der Waals surface area contributed by atoms with Gasteiger partial charge in [0, 0.05) is 18.2 Å². The third-order valence-corrected chi connectivity index (χ3v) is 7.57. The van der Waals surface area contributed by atoms with Gasteiger partial charge in [0.15, 0.2) is 0 Å². The number of amides is 1. The highest BCUT2D eigenvalue weighted by molar-refractivity contribution is 7.55. The van der Waals surface area contributed by atoms with Gasteiger partial charge in [0.25, 0.3) is 0 Å². The van der Waals surface area contributed by atoms with Crippen LogP contribution in [0.2, 0.25) is 0 Å². The van der Waals surface area contributed by atoms with E-state index in [0.717, 1.165) is 31.2 Å². The summed E-state index contributed by atoms with van der Waals surface area (Å²) < 4.78 is 26.5. The summed E-state index contributed by atoms with van der Waals surface area (Å²) in [4.78, 5) is 12.1. The van der Waals surface area contributed by atoms with Gasteiger partial charge >= 0.3 is 13.8 Å². The van der Waals surface area contributed by atoms with Gasteiger partial charge in [0.2, 0.25) is 0 Å². The van der Waals surface area contributed by atoms with Crippen LogP contribution in [0.4, 0.5) is 4.79 Å². The number of nitrogens with zero attached hydrogens (tertiary/aromatic N) is 1. The Balaban J connectivity index is 1.91. The lowest BCUT2D eigenvalue weighted by molar-refractivity contribution is 0.153. The van der Waals surface area contributed by atoms with Gasteiger partial charge < -0.3 is 9.26 Å². The predicted molar refractivity (Wildman–Crippen MR) is 111 cm³/mol. The van der Waals surface area contributed by atoms with Crippen molar-refractivity contribution in [3.63, 3.8) is 0 Å². The van der Waals surface area contributed by atoms with Crippen LogP contribution in [0.1, 0.15) is 64.0 Å². The van der Waals surface area contributed by atoms with E-state index in [1.807, 2.05) is 16.8 Å². The summed E-state index contributed by atoms with van der Waals surface area (Å²) in [6.45, 7) is 7.03. The molecule has 1 unspecified atom stereocenters. The molecule has 0 bridgehead atoms. The maximum Gasteiger partial charge on any atom is 0.425 e. The van der Waals surface area contributed by atoms with Gasteiger partial charge in [-0.3, -0.25) is 0 Å². The molecule has 0 saturated heterocycles. The molecule has 8 heteroatoms. The van der Waals surface area contributed by atoms with Crippen LogP contribution in [-0.2, 0) is 21.3 Å². The molecular formula is C20H30ClN2O4P. The van der Waals surface area contributed by atoms with Crippen LogP contribution in [0.3, 0.4) is 0 Å². The summed E-state index contributed by atoms with van der Waals surface area (Å²) >= 11 is 5.58. The number of carbonyl (C=O) groups is 1. The molecule has 1 aliphatic carbocycles. The van der Waals surface area contributed by atoms with Gasteiger partial charge in [0.05, 0.1) is 5.88 Å². The molecule has 1 saturated carbocycles. The number of hydrogen-bond donors (Lipinski definition) is 1. The van der Waals surface area contributed by atoms with E-state index in [0.29, 0.717) is 12.3 Å². The third kappa shape index (κ3) is 4.84. The van der Waals surface area contributed by atoms with E-state index in [1.165, 1.54) is 12.0 Å². The maximum atomic E-state index is 13.7. The normalized spacial score (nSPS) is 23.6. The van der Waals surface area contributed by atoms with Crippen LogP contribution < -0.4 is 9.61 Å². The fourth-order valence-corrected chi connectivity index (χ4v) is 5.90. The van der Waals surface area contributed by atoms with Gasteiger partial charge in [-0.05, 0) is 29.9 Å². The van der Waals surface area contributed by atoms with Crippen LogP contribution in [-0.4, -0.2) is 29.3 Å². The van der Waals surface area contributed by atoms with E-state index in [9.17, 15) is 9.36 Å². The minimum absolute atomic E-state index is 0.00938. The highest BCUT2D eigenvalue weighted by Gasteiger charge is 2.44. The van der Waals surface area contributed by atoms with E-state index in [-0.39, 0.29) is 23.9 Å². The molecule has 3 rings (SSSR count). The molecule has 1 amide bonds. The lowest BCUT2D eigenvalue weighted by atomic mass is 9.86. The van der Waals surface area contributed by atoms with Crippen molar-refractivity contribution in [2.24, 2.45) is 0 Å². The molecule has 0 radical (unpaired) electrons. The number of benzene rings is 1. The van der Waals surface area contributed by atoms with Crippen molar-refractivity contribution in [2.75, 3.05) is 12.5 Å². The van der Waals surface area contributed by atoms with E-state index in [2.05, 4.69) is 31.9 Å². The van der Waals surface area contributed by atoms with Crippen molar-refractivity contribution >= 4 is 25.4 Å². The third-order valence-electron chi connectivity index (χ3n) is 5.36. The Morgan fingerprint density at radius 2 is 2.04 bits per heavy atom. The first-order chi connectivity index (χ1) is 13.2. The van der Waals surface area contributed by atoms with Crippen molar-refractivity contribution < 1.29 is 18.6 Å². The summed E-state index contributed by atoms with van der Waals surface area (Å²) in [5.74, 6) is 0.740. The highest BCUT2D eigenvalue weighted by Crippen LogP contribution is 2.55. The number of carbonyl (C=O) groups excluding carboxylic acids is 1. The van der Waals surface area contributed by atoms with Gasteiger partial charge in [-0.25, -0.2) is 14.4 Å². The number of ether oxygens (including phenoxy) is 1. The molecule has 156 valence electrons. The summed E-state index contributed by atoms with van der Waals surface area (Å²) in [5.41, 5.74) is 2.21. The standard InChI is InChI=1S/C20H30ClN2O4P/c1-20(2,3)16-9-10-18-15(13-16)14-23(17-7-5-4-6-8-17)28(25,27-18)22-19(24)26-12-11-21/h9-10,13,17H,4-8,11-12,14H2,1-3H3,(H,22,24,25). The Labute approximate surface area is 172 Å². The Bertz CT molecular complexity index is 759. The molecule has 1 N–H and O–H groups in total. The molecule has 2 aliphatic rings. The van der Waals surface area contributed by atoms with Gasteiger partial charge in [-0.2, -0.15) is 4.67 Å². The minimum Gasteiger partial charge on any atom is -0.448 e. The number of fused-ring (bicyclic) bond motifs is 1. The van der Waals surface area contributed by atoms with Crippen molar-refractivity contribution in [1.82, 2.24) is 9.76 Å². The Kier molecular flexibility index (Phi) is 6.63. The number of alkyl halides is 1. The average Bonchev–Trinajstić information content (AvgIpc) is 2.65. The fourth-order valence-electron chi connectivity index (χ4n) is 3.80. The van der Waals surface area contributed by atoms with E-state index in [4.69, 9.17) is 20.9 Å². The quantitative estimate of drug-likeness (QED) is 0.500. The summed E-state index contributed by atoms with van der Waals surface area (Å²) in [5, 5.41) is 2.50. The van der Waals surface area contributed by atoms with Gasteiger partial charge in [-0.15, -0.1) is 11.6 Å². The lowest BCUT2D eigenvalue weighted by Crippen LogP contribution is -2.43. The van der Waals surface area contributed by atoms with Crippen LogP contribution in [0.5, 0.6) is 5.75 Å². The predicted octanol–water partition coefficient (Wildman–Crippen LogP) is 5.58. The van der Waals surface area contributed by atoms with E-state index >= 15 is 0 Å². The first-order valence-corrected chi connectivity index (χ1v) is 12.1. The zero-order valence-electron chi connectivity index (χ0n) is 16.9. The maximum absolute atomic E-state index is 13.7. The van der Waals surface area contributed by atoms with Crippen LogP contribution in [0, 0.1) is 0 Å². The Morgan fingerprint density at radius 3 is 2.68 bits per heavy atom. The molecule has 1 fully saturated rings. The second-order valence-electron chi connectivity index (χ2n) is 8.51. The minimum atomic E-state index is -3.61. The zero-order valence-corrected chi connectivity index (χ0v) is 18.5. The molecule has 1 aliphatic heterocycles. The molecule has 1 atom stereocenters. The van der Waals surface area contributed by atoms with Crippen molar-refractivity contribution in [2.45, 2.75) is 70.9 Å². The molecule has 6 nitrogen and oxygen atoms in total. The average molecular weight is 429 g/mol. The molecule has 28 heavy (non-hydrogen) atoms. The van der Waals surface area contributed by atoms with E-state index in [1.54, 1.807) is 0 Å². The van der Waals surface area contributed by atoms with E-state index < -0.39 is 13.8 Å². The molecule has 0 spiro atoms. The molecule has 0 aromatic heterocycles. The molecule has 1 aromatic carbocycles. The first kappa shape index (κ1) is 21.5. The number of nitrogens with one attached hydrogen (secondary N) is 1. The second kappa shape index (κ2) is 8.64. The Morgan fingerprint density at radius 1 is 1.32 bits per heavy atom. The van der Waals surface area contributed by atoms with Crippen LogP contribution >= 0.6 is 19.3 Å². The number of hydrogen-bond acceptors (Lipinski definition) is 4. The molecular weight excluding hydrogens is 399 g/mol. The smallest absolute Gasteiger partial charge is 0.425 e. The lowest BCUT2D eigenvalue weighted by Gasteiger charge is -2.41. The SMILES string of the molecule is CC(C)(C)c1ccc2c(c1)CN(C1CCCCC1)P(=O)(NC(=O)OCCCl)O2. The van der Waals surface area contributed by atoms with Crippen LogP contribution in [0.15, 0.2) is 18.2 Å². The fraction of sp³-hybridized carbons (Fsp3) is 0.650. The van der Waals surface area contributed by atoms with Crippen molar-refractivity contribution in [1.29, 1.82) is 0 Å². The van der Waals surface area contributed by atoms with Crippen molar-refractivity contribution in [3.8, 4) is 5.75 Å². The summed E-state index contributed by atoms with van der Waals surface area (Å²) in [6.07, 6.45) is 4.49. The van der Waals surface area contributed by atoms with Crippen LogP contribution in [0.25, 0.3) is 0 Å². The number of rotatable bonds is 4. The zero-order chi connectivity index (χ0) is 20.4. The van der Waals surface area contributed by atoms with Gasteiger partial charge in [-0.1, -0.05) is 52.2 Å². The largest absolute Gasteiger partial charge is 0.448 e. The van der Waals surface area contributed by atoms with Crippen molar-refractivity contribution in [3.05, 3.63) is 29.3 Å². The first-order valence-electron chi connectivity index (χ1n) is 9.94. The topological polar surface area (TPSA) is 67.9 Å². The molecule has 1 aromatic rings.